The first-order chi connectivity index (χ1) is 7.02. The first-order valence-corrected chi connectivity index (χ1v) is 4.23. The van der Waals surface area contributed by atoms with Crippen LogP contribution in [0.4, 0.5) is 14.5 Å². The predicted octanol–water partition coefficient (Wildman–Crippen LogP) is 1.51. The average Bonchev–Trinajstić information content (AvgIpc) is 2.14. The molecule has 0 spiro atoms. The molecule has 1 rings (SSSR count). The third-order valence-corrected chi connectivity index (χ3v) is 1.80. The van der Waals surface area contributed by atoms with E-state index in [9.17, 15) is 8.78 Å². The molecule has 0 saturated heterocycles. The predicted molar refractivity (Wildman–Crippen MR) is 52.9 cm³/mol. The molecule has 0 aromatic heterocycles. The third kappa shape index (κ3) is 3.08. The molecule has 0 aliphatic heterocycles. The van der Waals surface area contributed by atoms with Crippen LogP contribution >= 0.6 is 0 Å². The van der Waals surface area contributed by atoms with Crippen molar-refractivity contribution in [3.05, 3.63) is 29.8 Å². The minimum absolute atomic E-state index is 0.0698. The molecule has 0 heterocycles. The van der Waals surface area contributed by atoms with Crippen LogP contribution in [0, 0.1) is 11.6 Å². The molecule has 1 aromatic carbocycles. The molecule has 0 aliphatic rings. The van der Waals surface area contributed by atoms with Crippen LogP contribution in [0.5, 0.6) is 0 Å². The van der Waals surface area contributed by atoms with Gasteiger partial charge in [-0.25, -0.2) is 8.78 Å². The van der Waals surface area contributed by atoms with E-state index in [0.29, 0.717) is 0 Å². The quantitative estimate of drug-likeness (QED) is 0.310. The highest BCUT2D eigenvalue weighted by Gasteiger charge is 2.08. The summed E-state index contributed by atoms with van der Waals surface area (Å²) >= 11 is 0. The van der Waals surface area contributed by atoms with E-state index in [1.807, 2.05) is 0 Å². The molecule has 4 nitrogen and oxygen atoms in total. The molecule has 0 aliphatic carbocycles. The summed E-state index contributed by atoms with van der Waals surface area (Å²) in [5.41, 5.74) is 5.52. The van der Waals surface area contributed by atoms with Gasteiger partial charge in [0.25, 0.3) is 0 Å². The zero-order chi connectivity index (χ0) is 11.4. The highest BCUT2D eigenvalue weighted by Crippen LogP contribution is 2.13. The largest absolute Gasteiger partial charge is 0.409 e. The van der Waals surface area contributed by atoms with Gasteiger partial charge in [0.1, 0.15) is 11.6 Å². The Balaban J connectivity index is 2.81. The standard InChI is InChI=1S/C9H11F2N3O/c1-5(9(12)14-15)13-8-3-6(10)2-7(11)4-8/h2-5,13,15H,1H3,(H2,12,14). The zero-order valence-electron chi connectivity index (χ0n) is 8.04. The fourth-order valence-electron chi connectivity index (χ4n) is 1.05. The zero-order valence-corrected chi connectivity index (χ0v) is 8.04. The van der Waals surface area contributed by atoms with E-state index in [4.69, 9.17) is 10.9 Å². The fourth-order valence-corrected chi connectivity index (χ4v) is 1.05. The van der Waals surface area contributed by atoms with Crippen molar-refractivity contribution in [3.8, 4) is 0 Å². The Morgan fingerprint density at radius 2 is 1.93 bits per heavy atom. The van der Waals surface area contributed by atoms with E-state index in [1.165, 1.54) is 0 Å². The van der Waals surface area contributed by atoms with E-state index >= 15 is 0 Å². The molecule has 0 fully saturated rings. The topological polar surface area (TPSA) is 70.6 Å². The van der Waals surface area contributed by atoms with Gasteiger partial charge in [0.05, 0.1) is 6.04 Å². The Kier molecular flexibility index (Phi) is 3.43. The number of hydrogen-bond donors (Lipinski definition) is 3. The summed E-state index contributed by atoms with van der Waals surface area (Å²) in [5.74, 6) is -1.45. The second-order valence-corrected chi connectivity index (χ2v) is 3.05. The van der Waals surface area contributed by atoms with Crippen molar-refractivity contribution in [2.45, 2.75) is 13.0 Å². The minimum atomic E-state index is -0.691. The molecule has 4 N–H and O–H groups in total. The molecule has 0 radical (unpaired) electrons. The second-order valence-electron chi connectivity index (χ2n) is 3.05. The lowest BCUT2D eigenvalue weighted by molar-refractivity contribution is 0.316. The molecular formula is C9H11F2N3O. The van der Waals surface area contributed by atoms with Crippen LogP contribution in [0.3, 0.4) is 0 Å². The van der Waals surface area contributed by atoms with E-state index in [-0.39, 0.29) is 11.5 Å². The lowest BCUT2D eigenvalue weighted by atomic mass is 10.2. The number of rotatable bonds is 3. The molecule has 0 bridgehead atoms. The van der Waals surface area contributed by atoms with Gasteiger partial charge < -0.3 is 16.3 Å². The number of benzene rings is 1. The van der Waals surface area contributed by atoms with Crippen molar-refractivity contribution in [1.29, 1.82) is 0 Å². The van der Waals surface area contributed by atoms with Crippen molar-refractivity contribution in [1.82, 2.24) is 0 Å². The second kappa shape index (κ2) is 4.59. The van der Waals surface area contributed by atoms with Crippen LogP contribution < -0.4 is 11.1 Å². The molecule has 6 heteroatoms. The van der Waals surface area contributed by atoms with Crippen LogP contribution in [0.25, 0.3) is 0 Å². The van der Waals surface area contributed by atoms with Crippen molar-refractivity contribution in [3.63, 3.8) is 0 Å². The highest BCUT2D eigenvalue weighted by molar-refractivity contribution is 5.87. The van der Waals surface area contributed by atoms with Gasteiger partial charge in [0.15, 0.2) is 5.84 Å². The molecule has 82 valence electrons. The summed E-state index contributed by atoms with van der Waals surface area (Å²) in [4.78, 5) is 0. The summed E-state index contributed by atoms with van der Waals surface area (Å²) in [6.07, 6.45) is 0. The number of anilines is 1. The first-order valence-electron chi connectivity index (χ1n) is 4.23. The van der Waals surface area contributed by atoms with Gasteiger partial charge in [-0.05, 0) is 19.1 Å². The number of oxime groups is 1. The SMILES string of the molecule is CC(Nc1cc(F)cc(F)c1)C(N)=NO. The molecule has 0 saturated carbocycles. The Morgan fingerprint density at radius 1 is 1.40 bits per heavy atom. The number of nitrogens with one attached hydrogen (secondary N) is 1. The summed E-state index contributed by atoms with van der Waals surface area (Å²) < 4.78 is 25.5. The number of nitrogens with zero attached hydrogens (tertiary/aromatic N) is 1. The van der Waals surface area contributed by atoms with Crippen LogP contribution in [-0.2, 0) is 0 Å². The van der Waals surface area contributed by atoms with Crippen molar-refractivity contribution >= 4 is 11.5 Å². The fraction of sp³-hybridized carbons (Fsp3) is 0.222. The van der Waals surface area contributed by atoms with Crippen LogP contribution in [0.1, 0.15) is 6.92 Å². The smallest absolute Gasteiger partial charge is 0.161 e. The molecule has 1 aromatic rings. The Bertz CT molecular complexity index is 361. The normalized spacial score (nSPS) is 13.7. The van der Waals surface area contributed by atoms with E-state index in [0.717, 1.165) is 18.2 Å². The van der Waals surface area contributed by atoms with E-state index < -0.39 is 17.7 Å². The summed E-state index contributed by atoms with van der Waals surface area (Å²) in [7, 11) is 0. The summed E-state index contributed by atoms with van der Waals surface area (Å²) in [6, 6.07) is 2.48. The lowest BCUT2D eigenvalue weighted by Crippen LogP contribution is -2.32. The van der Waals surface area contributed by atoms with Crippen LogP contribution in [0.15, 0.2) is 23.4 Å². The monoisotopic (exact) mass is 215 g/mol. The van der Waals surface area contributed by atoms with Gasteiger partial charge >= 0.3 is 0 Å². The number of nitrogens with two attached hydrogens (primary N) is 1. The number of halogens is 2. The van der Waals surface area contributed by atoms with Crippen LogP contribution in [-0.4, -0.2) is 17.1 Å². The first kappa shape index (κ1) is 11.2. The van der Waals surface area contributed by atoms with Gasteiger partial charge in [-0.1, -0.05) is 5.16 Å². The molecule has 0 amide bonds. The maximum absolute atomic E-state index is 12.8. The maximum atomic E-state index is 12.8. The highest BCUT2D eigenvalue weighted by atomic mass is 19.1. The van der Waals surface area contributed by atoms with Gasteiger partial charge in [-0.2, -0.15) is 0 Å². The molecule has 1 atom stereocenters. The number of hydrogen-bond acceptors (Lipinski definition) is 3. The Morgan fingerprint density at radius 3 is 2.40 bits per heavy atom. The van der Waals surface area contributed by atoms with Crippen molar-refractivity contribution < 1.29 is 14.0 Å². The molecule has 1 unspecified atom stereocenters. The average molecular weight is 215 g/mol. The number of amidine groups is 1. The Hall–Kier alpha value is -1.85. The van der Waals surface area contributed by atoms with E-state index in [2.05, 4.69) is 10.5 Å². The van der Waals surface area contributed by atoms with Crippen LogP contribution in [0.2, 0.25) is 0 Å². The van der Waals surface area contributed by atoms with E-state index in [1.54, 1.807) is 6.92 Å². The van der Waals surface area contributed by atoms with Crippen molar-refractivity contribution in [2.75, 3.05) is 5.32 Å². The molecule has 15 heavy (non-hydrogen) atoms. The summed E-state index contributed by atoms with van der Waals surface area (Å²) in [5, 5.41) is 13.8. The van der Waals surface area contributed by atoms with Gasteiger partial charge in [-0.15, -0.1) is 0 Å². The third-order valence-electron chi connectivity index (χ3n) is 1.80. The minimum Gasteiger partial charge on any atom is -0.409 e. The maximum Gasteiger partial charge on any atom is 0.161 e. The Labute approximate surface area is 85.4 Å². The summed E-state index contributed by atoms with van der Waals surface area (Å²) in [6.45, 7) is 1.60. The van der Waals surface area contributed by atoms with Crippen molar-refractivity contribution in [2.24, 2.45) is 10.9 Å². The van der Waals surface area contributed by atoms with Gasteiger partial charge in [0.2, 0.25) is 0 Å². The lowest BCUT2D eigenvalue weighted by Gasteiger charge is -2.13. The van der Waals surface area contributed by atoms with Gasteiger partial charge in [0, 0.05) is 11.8 Å². The van der Waals surface area contributed by atoms with Gasteiger partial charge in [-0.3, -0.25) is 0 Å². The molecular weight excluding hydrogens is 204 g/mol.